The number of hydrogen-bond donors (Lipinski definition) is 0. The Kier molecular flexibility index (Phi) is 4.06. The molecule has 11 heteroatoms. The predicted octanol–water partition coefficient (Wildman–Crippen LogP) is 1.22. The third-order valence-corrected chi connectivity index (χ3v) is 5.66. The van der Waals surface area contributed by atoms with Gasteiger partial charge in [0.2, 0.25) is 5.82 Å². The molecule has 3 fully saturated rings. The second-order valence-corrected chi connectivity index (χ2v) is 8.37. The second kappa shape index (κ2) is 6.81. The summed E-state index contributed by atoms with van der Waals surface area (Å²) >= 11 is 0. The zero-order valence-corrected chi connectivity index (χ0v) is 16.6. The van der Waals surface area contributed by atoms with Crippen molar-refractivity contribution in [2.45, 2.75) is 44.6 Å². The van der Waals surface area contributed by atoms with Gasteiger partial charge in [-0.1, -0.05) is 5.21 Å². The summed E-state index contributed by atoms with van der Waals surface area (Å²) in [5, 5.41) is 20.7. The van der Waals surface area contributed by atoms with Crippen LogP contribution in [0.4, 0.5) is 0 Å². The van der Waals surface area contributed by atoms with Gasteiger partial charge in [0.05, 0.1) is 39.1 Å². The Labute approximate surface area is 172 Å². The first-order chi connectivity index (χ1) is 14.7. The average molecular weight is 410 g/mol. The minimum Gasteiger partial charge on any atom is -0.488 e. The number of pyridine rings is 1. The Morgan fingerprint density at radius 3 is 2.70 bits per heavy atom. The minimum atomic E-state index is -0.300. The van der Waals surface area contributed by atoms with Gasteiger partial charge < -0.3 is 14.2 Å². The molecule has 0 radical (unpaired) electrons. The summed E-state index contributed by atoms with van der Waals surface area (Å²) in [4.78, 5) is 6.00. The molecule has 6 rings (SSSR count). The SMILES string of the molecule is Cn1nnc(-c2cnc(-c3cn(CC4OCC5(CC5)CO4)nn3)c(OC3CC3)c2)n1. The number of tetrazole rings is 1. The molecule has 1 aliphatic heterocycles. The third kappa shape index (κ3) is 3.54. The molecule has 0 aromatic carbocycles. The molecule has 3 aromatic heterocycles. The van der Waals surface area contributed by atoms with Crippen molar-refractivity contribution in [1.29, 1.82) is 0 Å². The van der Waals surface area contributed by atoms with E-state index >= 15 is 0 Å². The zero-order chi connectivity index (χ0) is 20.1. The van der Waals surface area contributed by atoms with Gasteiger partial charge in [-0.25, -0.2) is 9.67 Å². The summed E-state index contributed by atoms with van der Waals surface area (Å²) in [6.45, 7) is 2.01. The summed E-state index contributed by atoms with van der Waals surface area (Å²) in [5.74, 6) is 1.15. The maximum Gasteiger partial charge on any atom is 0.206 e. The predicted molar refractivity (Wildman–Crippen MR) is 102 cm³/mol. The first-order valence-electron chi connectivity index (χ1n) is 10.2. The van der Waals surface area contributed by atoms with Crippen LogP contribution in [0.2, 0.25) is 0 Å². The largest absolute Gasteiger partial charge is 0.488 e. The maximum atomic E-state index is 6.10. The van der Waals surface area contributed by atoms with Crippen LogP contribution in [0.3, 0.4) is 0 Å². The van der Waals surface area contributed by atoms with Crippen LogP contribution in [-0.4, -0.2) is 65.8 Å². The van der Waals surface area contributed by atoms with Gasteiger partial charge >= 0.3 is 0 Å². The highest BCUT2D eigenvalue weighted by atomic mass is 16.7. The van der Waals surface area contributed by atoms with Crippen molar-refractivity contribution in [3.63, 3.8) is 0 Å². The van der Waals surface area contributed by atoms with E-state index < -0.39 is 0 Å². The molecule has 0 N–H and O–H groups in total. The van der Waals surface area contributed by atoms with Gasteiger partial charge in [0, 0.05) is 17.2 Å². The fourth-order valence-corrected chi connectivity index (χ4v) is 3.46. The molecule has 3 aliphatic rings. The van der Waals surface area contributed by atoms with Crippen LogP contribution >= 0.6 is 0 Å². The summed E-state index contributed by atoms with van der Waals surface area (Å²) in [6, 6.07) is 1.89. The first-order valence-corrected chi connectivity index (χ1v) is 10.2. The fourth-order valence-electron chi connectivity index (χ4n) is 3.46. The van der Waals surface area contributed by atoms with E-state index in [-0.39, 0.29) is 17.8 Å². The van der Waals surface area contributed by atoms with Crippen molar-refractivity contribution in [2.24, 2.45) is 12.5 Å². The standard InChI is InChI=1S/C19H22N8O3/c1-26-23-18(22-24-26)12-6-15(30-13-2-3-13)17(20-7-12)14-8-27(25-21-14)9-16-28-10-19(4-5-19)11-29-16/h6-8,13,16H,2-5,9-11H2,1H3. The molecule has 0 amide bonds. The van der Waals surface area contributed by atoms with Crippen LogP contribution in [0.1, 0.15) is 25.7 Å². The molecule has 156 valence electrons. The molecule has 0 bridgehead atoms. The van der Waals surface area contributed by atoms with E-state index in [1.54, 1.807) is 17.9 Å². The molecule has 30 heavy (non-hydrogen) atoms. The zero-order valence-electron chi connectivity index (χ0n) is 16.6. The maximum absolute atomic E-state index is 6.10. The molecule has 1 saturated heterocycles. The number of aryl methyl sites for hydroxylation is 1. The summed E-state index contributed by atoms with van der Waals surface area (Å²) < 4.78 is 19.5. The van der Waals surface area contributed by atoms with Crippen LogP contribution in [0.5, 0.6) is 5.75 Å². The number of rotatable bonds is 6. The lowest BCUT2D eigenvalue weighted by atomic mass is 10.1. The third-order valence-electron chi connectivity index (χ3n) is 5.66. The second-order valence-electron chi connectivity index (χ2n) is 8.37. The quantitative estimate of drug-likeness (QED) is 0.591. The number of aromatic nitrogens is 8. The molecule has 0 unspecified atom stereocenters. The van der Waals surface area contributed by atoms with Gasteiger partial charge in [-0.2, -0.15) is 4.80 Å². The minimum absolute atomic E-state index is 0.212. The van der Waals surface area contributed by atoms with E-state index in [0.29, 0.717) is 29.5 Å². The molecule has 3 aromatic rings. The Morgan fingerprint density at radius 1 is 1.17 bits per heavy atom. The lowest BCUT2D eigenvalue weighted by Crippen LogP contribution is -2.36. The van der Waals surface area contributed by atoms with Crippen molar-refractivity contribution < 1.29 is 14.2 Å². The van der Waals surface area contributed by atoms with Crippen LogP contribution in [0.25, 0.3) is 22.8 Å². The van der Waals surface area contributed by atoms with Crippen molar-refractivity contribution in [3.8, 4) is 28.5 Å². The Morgan fingerprint density at radius 2 is 2.00 bits per heavy atom. The number of nitrogens with zero attached hydrogens (tertiary/aromatic N) is 8. The van der Waals surface area contributed by atoms with Crippen LogP contribution in [0, 0.1) is 5.41 Å². The van der Waals surface area contributed by atoms with Gasteiger partial charge in [-0.3, -0.25) is 0 Å². The van der Waals surface area contributed by atoms with Gasteiger partial charge in [0.25, 0.3) is 0 Å². The van der Waals surface area contributed by atoms with Crippen molar-refractivity contribution >= 4 is 0 Å². The molecule has 0 atom stereocenters. The molecule has 2 saturated carbocycles. The number of ether oxygens (including phenoxy) is 3. The normalized spacial score (nSPS) is 20.6. The lowest BCUT2D eigenvalue weighted by Gasteiger charge is -2.29. The molecule has 2 aliphatic carbocycles. The van der Waals surface area contributed by atoms with E-state index in [1.807, 2.05) is 12.3 Å². The Hall–Kier alpha value is -2.92. The van der Waals surface area contributed by atoms with Crippen LogP contribution in [0.15, 0.2) is 18.5 Å². The van der Waals surface area contributed by atoms with Crippen LogP contribution in [-0.2, 0) is 23.1 Å². The molecule has 1 spiro atoms. The highest BCUT2D eigenvalue weighted by Gasteiger charge is 2.47. The smallest absolute Gasteiger partial charge is 0.206 e. The Bertz CT molecular complexity index is 1060. The van der Waals surface area contributed by atoms with Crippen LogP contribution < -0.4 is 4.74 Å². The van der Waals surface area contributed by atoms with E-state index in [0.717, 1.165) is 31.6 Å². The molecular formula is C19H22N8O3. The average Bonchev–Trinajstić information content (AvgIpc) is 3.63. The van der Waals surface area contributed by atoms with Gasteiger partial charge in [0.15, 0.2) is 6.29 Å². The van der Waals surface area contributed by atoms with Gasteiger partial charge in [-0.15, -0.1) is 15.3 Å². The summed E-state index contributed by atoms with van der Waals surface area (Å²) in [5.41, 5.74) is 2.30. The summed E-state index contributed by atoms with van der Waals surface area (Å²) in [6.07, 6.45) is 7.93. The first kappa shape index (κ1) is 17.9. The van der Waals surface area contributed by atoms with E-state index in [4.69, 9.17) is 14.2 Å². The highest BCUT2D eigenvalue weighted by molar-refractivity contribution is 5.67. The molecule has 4 heterocycles. The molecule has 11 nitrogen and oxygen atoms in total. The van der Waals surface area contributed by atoms with Crippen molar-refractivity contribution in [2.75, 3.05) is 13.2 Å². The van der Waals surface area contributed by atoms with Crippen molar-refractivity contribution in [1.82, 2.24) is 40.2 Å². The summed E-state index contributed by atoms with van der Waals surface area (Å²) in [7, 11) is 1.72. The van der Waals surface area contributed by atoms with Gasteiger partial charge in [0.1, 0.15) is 17.1 Å². The fraction of sp³-hybridized carbons (Fsp3) is 0.579. The van der Waals surface area contributed by atoms with E-state index in [1.165, 1.54) is 17.6 Å². The Balaban J connectivity index is 1.23. The van der Waals surface area contributed by atoms with Crippen molar-refractivity contribution in [3.05, 3.63) is 18.5 Å². The molecular weight excluding hydrogens is 388 g/mol. The topological polar surface area (TPSA) is 115 Å². The van der Waals surface area contributed by atoms with E-state index in [2.05, 4.69) is 30.7 Å². The highest BCUT2D eigenvalue weighted by Crippen LogP contribution is 2.48. The lowest BCUT2D eigenvalue weighted by molar-refractivity contribution is -0.213. The van der Waals surface area contributed by atoms with E-state index in [9.17, 15) is 0 Å². The monoisotopic (exact) mass is 410 g/mol. The number of hydrogen-bond acceptors (Lipinski definition) is 9. The van der Waals surface area contributed by atoms with Gasteiger partial charge in [-0.05, 0) is 37.0 Å².